The first kappa shape index (κ1) is 15.4. The summed E-state index contributed by atoms with van der Waals surface area (Å²) in [7, 11) is 0. The predicted molar refractivity (Wildman–Crippen MR) is 63.3 cm³/mol. The van der Waals surface area contributed by atoms with E-state index >= 15 is 0 Å². The number of nitrogens with zero attached hydrogens (tertiary/aromatic N) is 1. The average Bonchev–Trinajstić information content (AvgIpc) is 2.70. The largest absolute Gasteiger partial charge is 0.301 e. The second-order valence-electron chi connectivity index (χ2n) is 2.83. The quantitative estimate of drug-likeness (QED) is 0.633. The fraction of sp³-hybridized carbons (Fsp3) is 1.00. The SMILES string of the molecule is CC.CC.CCC1CCCN1CC. The molecule has 0 aromatic heterocycles. The minimum absolute atomic E-state index is 0.912. The van der Waals surface area contributed by atoms with E-state index < -0.39 is 0 Å². The summed E-state index contributed by atoms with van der Waals surface area (Å²) in [4.78, 5) is 2.58. The molecule has 0 spiro atoms. The van der Waals surface area contributed by atoms with E-state index in [-0.39, 0.29) is 0 Å². The first-order valence-electron chi connectivity index (χ1n) is 6.12. The number of hydrogen-bond donors (Lipinski definition) is 0. The van der Waals surface area contributed by atoms with Crippen LogP contribution in [0.25, 0.3) is 0 Å². The van der Waals surface area contributed by atoms with Gasteiger partial charge in [-0.15, -0.1) is 0 Å². The fourth-order valence-corrected chi connectivity index (χ4v) is 1.77. The molecular formula is C12H29N. The van der Waals surface area contributed by atoms with Crippen molar-refractivity contribution in [3.63, 3.8) is 0 Å². The topological polar surface area (TPSA) is 3.24 Å². The van der Waals surface area contributed by atoms with E-state index in [1.54, 1.807) is 0 Å². The van der Waals surface area contributed by atoms with E-state index in [1.807, 2.05) is 27.7 Å². The Morgan fingerprint density at radius 1 is 1.08 bits per heavy atom. The van der Waals surface area contributed by atoms with Crippen LogP contribution in [0.1, 0.15) is 60.8 Å². The summed E-state index contributed by atoms with van der Waals surface area (Å²) in [5, 5.41) is 0. The third-order valence-corrected chi connectivity index (χ3v) is 2.38. The lowest BCUT2D eigenvalue weighted by atomic mass is 10.2. The van der Waals surface area contributed by atoms with E-state index in [1.165, 1.54) is 32.4 Å². The van der Waals surface area contributed by atoms with Crippen LogP contribution in [0.15, 0.2) is 0 Å². The Labute approximate surface area is 85.5 Å². The molecule has 1 atom stereocenters. The van der Waals surface area contributed by atoms with Gasteiger partial charge in [0.25, 0.3) is 0 Å². The number of hydrogen-bond acceptors (Lipinski definition) is 1. The fourth-order valence-electron chi connectivity index (χ4n) is 1.77. The van der Waals surface area contributed by atoms with Crippen molar-refractivity contribution in [2.24, 2.45) is 0 Å². The predicted octanol–water partition coefficient (Wildman–Crippen LogP) is 3.93. The van der Waals surface area contributed by atoms with Crippen LogP contribution in [-0.2, 0) is 0 Å². The second-order valence-corrected chi connectivity index (χ2v) is 2.83. The van der Waals surface area contributed by atoms with Gasteiger partial charge in [-0.1, -0.05) is 41.5 Å². The Balaban J connectivity index is 0. The van der Waals surface area contributed by atoms with Gasteiger partial charge >= 0.3 is 0 Å². The van der Waals surface area contributed by atoms with E-state index in [0.717, 1.165) is 6.04 Å². The highest BCUT2D eigenvalue weighted by atomic mass is 15.2. The lowest BCUT2D eigenvalue weighted by Gasteiger charge is -2.20. The van der Waals surface area contributed by atoms with Crippen molar-refractivity contribution in [1.82, 2.24) is 4.90 Å². The van der Waals surface area contributed by atoms with Crippen molar-refractivity contribution in [3.8, 4) is 0 Å². The van der Waals surface area contributed by atoms with E-state index in [4.69, 9.17) is 0 Å². The van der Waals surface area contributed by atoms with Gasteiger partial charge in [0.2, 0.25) is 0 Å². The van der Waals surface area contributed by atoms with Crippen LogP contribution < -0.4 is 0 Å². The van der Waals surface area contributed by atoms with Crippen molar-refractivity contribution in [3.05, 3.63) is 0 Å². The van der Waals surface area contributed by atoms with Gasteiger partial charge in [-0.2, -0.15) is 0 Å². The summed E-state index contributed by atoms with van der Waals surface area (Å²) >= 11 is 0. The monoisotopic (exact) mass is 187 g/mol. The van der Waals surface area contributed by atoms with E-state index in [2.05, 4.69) is 18.7 Å². The van der Waals surface area contributed by atoms with Crippen molar-refractivity contribution in [2.45, 2.75) is 66.8 Å². The van der Waals surface area contributed by atoms with Gasteiger partial charge in [0.1, 0.15) is 0 Å². The Bertz CT molecular complexity index is 71.2. The zero-order chi connectivity index (χ0) is 10.7. The van der Waals surface area contributed by atoms with Crippen LogP contribution >= 0.6 is 0 Å². The van der Waals surface area contributed by atoms with Gasteiger partial charge < -0.3 is 4.90 Å². The lowest BCUT2D eigenvalue weighted by Crippen LogP contribution is -2.28. The van der Waals surface area contributed by atoms with Crippen LogP contribution in [0.4, 0.5) is 0 Å². The zero-order valence-corrected chi connectivity index (χ0v) is 10.6. The first-order chi connectivity index (χ1) is 6.38. The minimum Gasteiger partial charge on any atom is -0.301 e. The van der Waals surface area contributed by atoms with Gasteiger partial charge in [0.15, 0.2) is 0 Å². The van der Waals surface area contributed by atoms with Crippen molar-refractivity contribution < 1.29 is 0 Å². The molecule has 0 N–H and O–H groups in total. The molecule has 1 saturated heterocycles. The molecule has 0 aromatic carbocycles. The van der Waals surface area contributed by atoms with Gasteiger partial charge in [-0.05, 0) is 32.4 Å². The van der Waals surface area contributed by atoms with Gasteiger partial charge in [-0.3, -0.25) is 0 Å². The van der Waals surface area contributed by atoms with Crippen molar-refractivity contribution >= 4 is 0 Å². The summed E-state index contributed by atoms with van der Waals surface area (Å²) < 4.78 is 0. The molecule has 0 bridgehead atoms. The molecule has 1 rings (SSSR count). The highest BCUT2D eigenvalue weighted by Gasteiger charge is 2.20. The molecule has 1 unspecified atom stereocenters. The summed E-state index contributed by atoms with van der Waals surface area (Å²) in [6, 6.07) is 0.912. The highest BCUT2D eigenvalue weighted by Crippen LogP contribution is 2.18. The first-order valence-corrected chi connectivity index (χ1v) is 6.12. The lowest BCUT2D eigenvalue weighted by molar-refractivity contribution is 0.262. The maximum Gasteiger partial charge on any atom is 0.00929 e. The smallest absolute Gasteiger partial charge is 0.00929 e. The highest BCUT2D eigenvalue weighted by molar-refractivity contribution is 4.76. The standard InChI is InChI=1S/C8H17N.2C2H6/c1-3-8-6-5-7-9(8)4-2;2*1-2/h8H,3-7H2,1-2H3;2*1-2H3. The molecule has 1 fully saturated rings. The molecule has 0 aliphatic carbocycles. The van der Waals surface area contributed by atoms with E-state index in [0.29, 0.717) is 0 Å². The van der Waals surface area contributed by atoms with Gasteiger partial charge in [-0.25, -0.2) is 0 Å². The Morgan fingerprint density at radius 2 is 1.62 bits per heavy atom. The molecule has 0 saturated carbocycles. The third kappa shape index (κ3) is 6.09. The van der Waals surface area contributed by atoms with Crippen LogP contribution in [0, 0.1) is 0 Å². The number of likely N-dealkylation sites (tertiary alicyclic amines) is 1. The molecule has 82 valence electrons. The van der Waals surface area contributed by atoms with Crippen LogP contribution in [-0.4, -0.2) is 24.0 Å². The van der Waals surface area contributed by atoms with Gasteiger partial charge in [0, 0.05) is 6.04 Å². The summed E-state index contributed by atoms with van der Waals surface area (Å²) in [5.74, 6) is 0. The van der Waals surface area contributed by atoms with Crippen molar-refractivity contribution in [1.29, 1.82) is 0 Å². The van der Waals surface area contributed by atoms with Crippen LogP contribution in [0.2, 0.25) is 0 Å². The Kier molecular flexibility index (Phi) is 14.2. The summed E-state index contributed by atoms with van der Waals surface area (Å²) in [6.45, 7) is 15.1. The molecule has 1 aliphatic rings. The van der Waals surface area contributed by atoms with Gasteiger partial charge in [0.05, 0.1) is 0 Å². The van der Waals surface area contributed by atoms with Crippen LogP contribution in [0.3, 0.4) is 0 Å². The normalized spacial score (nSPS) is 21.2. The average molecular weight is 187 g/mol. The second kappa shape index (κ2) is 12.0. The maximum absolute atomic E-state index is 2.58. The third-order valence-electron chi connectivity index (χ3n) is 2.38. The molecule has 13 heavy (non-hydrogen) atoms. The van der Waals surface area contributed by atoms with E-state index in [9.17, 15) is 0 Å². The molecule has 1 heterocycles. The summed E-state index contributed by atoms with van der Waals surface area (Å²) in [6.07, 6.45) is 4.20. The molecule has 1 aliphatic heterocycles. The number of rotatable bonds is 2. The molecule has 0 amide bonds. The van der Waals surface area contributed by atoms with Crippen LogP contribution in [0.5, 0.6) is 0 Å². The zero-order valence-electron chi connectivity index (χ0n) is 10.6. The summed E-state index contributed by atoms with van der Waals surface area (Å²) in [5.41, 5.74) is 0. The molecule has 0 radical (unpaired) electrons. The molecule has 0 aromatic rings. The Hall–Kier alpha value is -0.0400. The van der Waals surface area contributed by atoms with Crippen molar-refractivity contribution in [2.75, 3.05) is 13.1 Å². The molecular weight excluding hydrogens is 158 g/mol. The Morgan fingerprint density at radius 3 is 1.92 bits per heavy atom. The molecule has 1 heteroatoms. The molecule has 1 nitrogen and oxygen atoms in total. The maximum atomic E-state index is 2.58. The minimum atomic E-state index is 0.912.